The van der Waals surface area contributed by atoms with E-state index in [0.29, 0.717) is 48.4 Å². The molecule has 2 aromatic heterocycles. The topological polar surface area (TPSA) is 92.7 Å². The smallest absolute Gasteiger partial charge is 0.292 e. The van der Waals surface area contributed by atoms with E-state index in [9.17, 15) is 9.59 Å². The first-order chi connectivity index (χ1) is 16.1. The Kier molecular flexibility index (Phi) is 5.87. The Hall–Kier alpha value is -3.59. The fourth-order valence-electron chi connectivity index (χ4n) is 3.81. The minimum Gasteiger partial charge on any atom is -0.431 e. The summed E-state index contributed by atoms with van der Waals surface area (Å²) in [5.41, 5.74) is 3.81. The van der Waals surface area contributed by atoms with E-state index >= 15 is 0 Å². The number of amides is 2. The van der Waals surface area contributed by atoms with E-state index in [1.54, 1.807) is 22.8 Å². The predicted octanol–water partition coefficient (Wildman–Crippen LogP) is 4.01. The first-order valence-electron chi connectivity index (χ1n) is 10.7. The SMILES string of the molecule is Cc1cc(C(=O)N2CCN(C(=O)c3ccccc3CSc3nc4ccccc4o3)CC2)on1. The molecule has 1 aliphatic rings. The Balaban J connectivity index is 1.23. The van der Waals surface area contributed by atoms with Crippen LogP contribution in [0, 0.1) is 6.92 Å². The summed E-state index contributed by atoms with van der Waals surface area (Å²) in [6.45, 7) is 3.60. The van der Waals surface area contributed by atoms with Crippen LogP contribution in [0.15, 0.2) is 68.8 Å². The van der Waals surface area contributed by atoms with Gasteiger partial charge in [-0.25, -0.2) is 4.98 Å². The van der Waals surface area contributed by atoms with Crippen molar-refractivity contribution in [2.45, 2.75) is 17.9 Å². The summed E-state index contributed by atoms with van der Waals surface area (Å²) in [4.78, 5) is 33.8. The molecule has 5 rings (SSSR count). The van der Waals surface area contributed by atoms with Crippen molar-refractivity contribution < 1.29 is 18.5 Å². The molecule has 9 heteroatoms. The molecule has 0 unspecified atom stereocenters. The van der Waals surface area contributed by atoms with E-state index in [1.807, 2.05) is 48.5 Å². The molecule has 0 aliphatic carbocycles. The number of piperazine rings is 1. The molecule has 0 saturated carbocycles. The van der Waals surface area contributed by atoms with Crippen LogP contribution in [0.3, 0.4) is 0 Å². The molecule has 0 N–H and O–H groups in total. The van der Waals surface area contributed by atoms with Crippen molar-refractivity contribution >= 4 is 34.7 Å². The Bertz CT molecular complexity index is 1270. The summed E-state index contributed by atoms with van der Waals surface area (Å²) in [6.07, 6.45) is 0. The van der Waals surface area contributed by atoms with E-state index in [0.717, 1.165) is 16.7 Å². The lowest BCUT2D eigenvalue weighted by molar-refractivity contribution is 0.0512. The van der Waals surface area contributed by atoms with E-state index in [2.05, 4.69) is 10.1 Å². The fraction of sp³-hybridized carbons (Fsp3) is 0.250. The molecule has 0 atom stereocenters. The maximum Gasteiger partial charge on any atom is 0.292 e. The molecule has 1 aliphatic heterocycles. The van der Waals surface area contributed by atoms with Crippen molar-refractivity contribution in [3.05, 3.63) is 77.2 Å². The molecule has 0 bridgehead atoms. The summed E-state index contributed by atoms with van der Waals surface area (Å²) < 4.78 is 10.9. The summed E-state index contributed by atoms with van der Waals surface area (Å²) >= 11 is 1.46. The van der Waals surface area contributed by atoms with Gasteiger partial charge in [-0.3, -0.25) is 9.59 Å². The normalized spacial score (nSPS) is 14.1. The van der Waals surface area contributed by atoms with Crippen molar-refractivity contribution in [3.8, 4) is 0 Å². The first kappa shape index (κ1) is 21.3. The van der Waals surface area contributed by atoms with Crippen LogP contribution in [0.4, 0.5) is 0 Å². The number of oxazole rings is 1. The molecule has 1 fully saturated rings. The zero-order valence-electron chi connectivity index (χ0n) is 18.1. The van der Waals surface area contributed by atoms with Crippen molar-refractivity contribution in [1.29, 1.82) is 0 Å². The van der Waals surface area contributed by atoms with Gasteiger partial charge in [-0.05, 0) is 30.7 Å². The van der Waals surface area contributed by atoms with Crippen LogP contribution in [0.1, 0.15) is 32.2 Å². The number of hydrogen-bond donors (Lipinski definition) is 0. The number of thioether (sulfide) groups is 1. The quantitative estimate of drug-likeness (QED) is 0.414. The number of benzene rings is 2. The summed E-state index contributed by atoms with van der Waals surface area (Å²) in [6, 6.07) is 16.9. The number of nitrogens with zero attached hydrogens (tertiary/aromatic N) is 4. The number of rotatable bonds is 5. The Labute approximate surface area is 194 Å². The third-order valence-electron chi connectivity index (χ3n) is 5.57. The monoisotopic (exact) mass is 462 g/mol. The van der Waals surface area contributed by atoms with Crippen LogP contribution in [0.2, 0.25) is 0 Å². The van der Waals surface area contributed by atoms with Crippen LogP contribution in [0.5, 0.6) is 0 Å². The second kappa shape index (κ2) is 9.11. The number of carbonyl (C=O) groups is 2. The van der Waals surface area contributed by atoms with Gasteiger partial charge in [0.2, 0.25) is 5.76 Å². The molecule has 4 aromatic rings. The number of carbonyl (C=O) groups excluding carboxylic acids is 2. The van der Waals surface area contributed by atoms with Gasteiger partial charge >= 0.3 is 0 Å². The highest BCUT2D eigenvalue weighted by atomic mass is 32.2. The summed E-state index contributed by atoms with van der Waals surface area (Å²) in [7, 11) is 0. The minimum atomic E-state index is -0.196. The molecule has 2 aromatic carbocycles. The summed E-state index contributed by atoms with van der Waals surface area (Å²) in [5.74, 6) is 0.566. The number of para-hydroxylation sites is 2. The molecular weight excluding hydrogens is 440 g/mol. The van der Waals surface area contributed by atoms with Crippen molar-refractivity contribution in [2.75, 3.05) is 26.2 Å². The fourth-order valence-corrected chi connectivity index (χ4v) is 4.65. The standard InChI is InChI=1S/C24H22N4O4S/c1-16-14-21(32-26-16)23(30)28-12-10-27(11-13-28)22(29)18-7-3-2-6-17(18)15-33-24-25-19-8-4-5-9-20(19)31-24/h2-9,14H,10-13,15H2,1H3. The maximum absolute atomic E-state index is 13.3. The van der Waals surface area contributed by atoms with Crippen molar-refractivity contribution in [3.63, 3.8) is 0 Å². The second-order valence-corrected chi connectivity index (χ2v) is 8.74. The zero-order valence-corrected chi connectivity index (χ0v) is 18.9. The molecule has 2 amide bonds. The van der Waals surface area contributed by atoms with E-state index < -0.39 is 0 Å². The largest absolute Gasteiger partial charge is 0.431 e. The van der Waals surface area contributed by atoms with Gasteiger partial charge < -0.3 is 18.7 Å². The van der Waals surface area contributed by atoms with Gasteiger partial charge in [0.05, 0.1) is 5.69 Å². The van der Waals surface area contributed by atoms with Gasteiger partial charge in [0.25, 0.3) is 17.0 Å². The minimum absolute atomic E-state index is 0.0358. The molecule has 0 spiro atoms. The van der Waals surface area contributed by atoms with E-state index in [-0.39, 0.29) is 17.6 Å². The van der Waals surface area contributed by atoms with Crippen LogP contribution in [-0.2, 0) is 5.75 Å². The molecule has 168 valence electrons. The second-order valence-electron chi connectivity index (χ2n) is 7.81. The predicted molar refractivity (Wildman–Crippen MR) is 123 cm³/mol. The van der Waals surface area contributed by atoms with Gasteiger partial charge in [0.15, 0.2) is 5.58 Å². The third kappa shape index (κ3) is 4.49. The van der Waals surface area contributed by atoms with E-state index in [1.165, 1.54) is 11.8 Å². The lowest BCUT2D eigenvalue weighted by atomic mass is 10.1. The van der Waals surface area contributed by atoms with Crippen LogP contribution in [-0.4, -0.2) is 57.9 Å². The summed E-state index contributed by atoms with van der Waals surface area (Å²) in [5, 5.41) is 4.35. The van der Waals surface area contributed by atoms with Gasteiger partial charge in [0.1, 0.15) is 5.52 Å². The molecule has 0 radical (unpaired) electrons. The van der Waals surface area contributed by atoms with Crippen LogP contribution in [0.25, 0.3) is 11.1 Å². The van der Waals surface area contributed by atoms with E-state index in [4.69, 9.17) is 8.94 Å². The average molecular weight is 463 g/mol. The van der Waals surface area contributed by atoms with Gasteiger partial charge in [-0.1, -0.05) is 47.3 Å². The number of hydrogen-bond acceptors (Lipinski definition) is 7. The zero-order chi connectivity index (χ0) is 22.8. The molecule has 8 nitrogen and oxygen atoms in total. The lowest BCUT2D eigenvalue weighted by Gasteiger charge is -2.34. The van der Waals surface area contributed by atoms with Crippen LogP contribution >= 0.6 is 11.8 Å². The third-order valence-corrected chi connectivity index (χ3v) is 6.44. The number of aromatic nitrogens is 2. The molecule has 33 heavy (non-hydrogen) atoms. The van der Waals surface area contributed by atoms with Crippen molar-refractivity contribution in [1.82, 2.24) is 19.9 Å². The Morgan fingerprint density at radius 1 is 0.970 bits per heavy atom. The Morgan fingerprint density at radius 2 is 1.67 bits per heavy atom. The molecular formula is C24H22N4O4S. The molecule has 3 heterocycles. The highest BCUT2D eigenvalue weighted by Gasteiger charge is 2.28. The number of aryl methyl sites for hydroxylation is 1. The number of fused-ring (bicyclic) bond motifs is 1. The van der Waals surface area contributed by atoms with Gasteiger partial charge in [-0.15, -0.1) is 0 Å². The maximum atomic E-state index is 13.3. The highest BCUT2D eigenvalue weighted by molar-refractivity contribution is 7.98. The van der Waals surface area contributed by atoms with Crippen molar-refractivity contribution in [2.24, 2.45) is 0 Å². The van der Waals surface area contributed by atoms with Gasteiger partial charge in [0, 0.05) is 43.6 Å². The van der Waals surface area contributed by atoms with Crippen LogP contribution < -0.4 is 0 Å². The Morgan fingerprint density at radius 3 is 2.39 bits per heavy atom. The average Bonchev–Trinajstić information content (AvgIpc) is 3.48. The lowest BCUT2D eigenvalue weighted by Crippen LogP contribution is -2.50. The molecule has 1 saturated heterocycles. The van der Waals surface area contributed by atoms with Gasteiger partial charge in [-0.2, -0.15) is 0 Å². The highest BCUT2D eigenvalue weighted by Crippen LogP contribution is 2.28. The first-order valence-corrected chi connectivity index (χ1v) is 11.7.